The minimum Gasteiger partial charge on any atom is -0.331 e. The van der Waals surface area contributed by atoms with E-state index in [9.17, 15) is 4.79 Å². The van der Waals surface area contributed by atoms with Gasteiger partial charge in [-0.25, -0.2) is 0 Å². The van der Waals surface area contributed by atoms with Gasteiger partial charge in [-0.1, -0.05) is 0 Å². The smallest absolute Gasteiger partial charge is 0.264 e. The first-order chi connectivity index (χ1) is 8.66. The quantitative estimate of drug-likeness (QED) is 0.755. The lowest BCUT2D eigenvalue weighted by Crippen LogP contribution is -2.37. The summed E-state index contributed by atoms with van der Waals surface area (Å²) in [5.41, 5.74) is 1.32. The van der Waals surface area contributed by atoms with Gasteiger partial charge in [0, 0.05) is 11.4 Å². The molecule has 3 heterocycles. The van der Waals surface area contributed by atoms with Crippen LogP contribution in [-0.4, -0.2) is 17.4 Å². The third-order valence-electron chi connectivity index (χ3n) is 3.32. The Morgan fingerprint density at radius 3 is 3.00 bits per heavy atom. The number of amides is 1. The molecule has 94 valence electrons. The zero-order valence-electron chi connectivity index (χ0n) is 9.85. The van der Waals surface area contributed by atoms with Crippen LogP contribution in [0.5, 0.6) is 0 Å². The van der Waals surface area contributed by atoms with Crippen molar-refractivity contribution in [2.24, 2.45) is 0 Å². The van der Waals surface area contributed by atoms with E-state index in [0.717, 1.165) is 21.6 Å². The predicted octanol–water partition coefficient (Wildman–Crippen LogP) is 4.33. The molecule has 1 aliphatic rings. The Morgan fingerprint density at radius 2 is 2.28 bits per heavy atom. The Balaban J connectivity index is 1.88. The summed E-state index contributed by atoms with van der Waals surface area (Å²) in [7, 11) is 0. The van der Waals surface area contributed by atoms with Crippen LogP contribution < -0.4 is 0 Å². The number of hydrogen-bond acceptors (Lipinski definition) is 3. The molecule has 3 rings (SSSR count). The maximum Gasteiger partial charge on any atom is 0.264 e. The Kier molecular flexibility index (Phi) is 3.30. The Bertz CT molecular complexity index is 589. The fourth-order valence-corrected chi connectivity index (χ4v) is 4.66. The molecule has 5 heteroatoms. The van der Waals surface area contributed by atoms with Gasteiger partial charge in [0.05, 0.1) is 14.7 Å². The average molecular weight is 342 g/mol. The molecule has 0 radical (unpaired) electrons. The van der Waals surface area contributed by atoms with Gasteiger partial charge in [-0.3, -0.25) is 4.79 Å². The molecule has 0 bridgehead atoms. The van der Waals surface area contributed by atoms with Gasteiger partial charge >= 0.3 is 0 Å². The normalized spacial score (nSPS) is 18.8. The number of thiophene rings is 2. The predicted molar refractivity (Wildman–Crippen MR) is 79.5 cm³/mol. The van der Waals surface area contributed by atoms with Crippen molar-refractivity contribution in [2.75, 3.05) is 6.54 Å². The first-order valence-electron chi connectivity index (χ1n) is 5.79. The molecule has 2 aromatic heterocycles. The standard InChI is InChI=1S/C13H12BrNOS2/c1-8-9-5-7-17-10(9)4-6-15(8)13(16)11-2-3-12(14)18-11/h2-3,5,7-8H,4,6H2,1H3. The first kappa shape index (κ1) is 12.4. The molecule has 2 aromatic rings. The molecule has 0 aromatic carbocycles. The van der Waals surface area contributed by atoms with Gasteiger partial charge in [-0.2, -0.15) is 0 Å². The molecular formula is C13H12BrNOS2. The van der Waals surface area contributed by atoms with Crippen LogP contribution >= 0.6 is 38.6 Å². The Hall–Kier alpha value is -0.650. The Labute approximate surface area is 122 Å². The van der Waals surface area contributed by atoms with Gasteiger partial charge in [-0.05, 0) is 58.4 Å². The van der Waals surface area contributed by atoms with Gasteiger partial charge in [0.1, 0.15) is 0 Å². The van der Waals surface area contributed by atoms with Gasteiger partial charge in [0.25, 0.3) is 5.91 Å². The highest BCUT2D eigenvalue weighted by Gasteiger charge is 2.29. The van der Waals surface area contributed by atoms with Gasteiger partial charge in [0.15, 0.2) is 0 Å². The van der Waals surface area contributed by atoms with Gasteiger partial charge in [-0.15, -0.1) is 22.7 Å². The highest BCUT2D eigenvalue weighted by atomic mass is 79.9. The minimum absolute atomic E-state index is 0.148. The number of rotatable bonds is 1. The molecule has 1 unspecified atom stereocenters. The van der Waals surface area contributed by atoms with Crippen molar-refractivity contribution in [1.29, 1.82) is 0 Å². The van der Waals surface area contributed by atoms with E-state index in [4.69, 9.17) is 0 Å². The summed E-state index contributed by atoms with van der Waals surface area (Å²) in [6.45, 7) is 2.94. The highest BCUT2D eigenvalue weighted by Crippen LogP contribution is 2.34. The molecule has 0 saturated carbocycles. The average Bonchev–Trinajstić information content (AvgIpc) is 2.97. The maximum atomic E-state index is 12.5. The van der Waals surface area contributed by atoms with Crippen molar-refractivity contribution in [3.8, 4) is 0 Å². The number of hydrogen-bond donors (Lipinski definition) is 0. The number of carbonyl (C=O) groups is 1. The van der Waals surface area contributed by atoms with Crippen molar-refractivity contribution in [1.82, 2.24) is 4.90 Å². The zero-order valence-corrected chi connectivity index (χ0v) is 13.1. The van der Waals surface area contributed by atoms with Crippen molar-refractivity contribution in [3.05, 3.63) is 42.7 Å². The van der Waals surface area contributed by atoms with Crippen LogP contribution in [0.2, 0.25) is 0 Å². The van der Waals surface area contributed by atoms with Crippen molar-refractivity contribution in [3.63, 3.8) is 0 Å². The summed E-state index contributed by atoms with van der Waals surface area (Å²) >= 11 is 6.71. The van der Waals surface area contributed by atoms with E-state index in [0.29, 0.717) is 0 Å². The number of halogens is 1. The van der Waals surface area contributed by atoms with Crippen LogP contribution in [0, 0.1) is 0 Å². The fourth-order valence-electron chi connectivity index (χ4n) is 2.36. The second-order valence-electron chi connectivity index (χ2n) is 4.33. The summed E-state index contributed by atoms with van der Waals surface area (Å²) in [6.07, 6.45) is 0.982. The summed E-state index contributed by atoms with van der Waals surface area (Å²) in [6, 6.07) is 6.16. The first-order valence-corrected chi connectivity index (χ1v) is 8.28. The zero-order chi connectivity index (χ0) is 12.7. The third-order valence-corrected chi connectivity index (χ3v) is 5.93. The van der Waals surface area contributed by atoms with Gasteiger partial charge < -0.3 is 4.90 Å². The summed E-state index contributed by atoms with van der Waals surface area (Å²) in [5, 5.41) is 2.12. The van der Waals surface area contributed by atoms with Crippen LogP contribution in [-0.2, 0) is 6.42 Å². The second kappa shape index (κ2) is 4.79. The monoisotopic (exact) mass is 341 g/mol. The second-order valence-corrected chi connectivity index (χ2v) is 7.79. The fraction of sp³-hybridized carbons (Fsp3) is 0.308. The maximum absolute atomic E-state index is 12.5. The summed E-state index contributed by atoms with van der Waals surface area (Å²) < 4.78 is 1.01. The minimum atomic E-state index is 0.148. The molecule has 1 aliphatic heterocycles. The van der Waals surface area contributed by atoms with Crippen LogP contribution in [0.15, 0.2) is 27.4 Å². The van der Waals surface area contributed by atoms with E-state index in [1.54, 1.807) is 11.3 Å². The van der Waals surface area contributed by atoms with E-state index in [1.165, 1.54) is 21.8 Å². The van der Waals surface area contributed by atoms with Gasteiger partial charge in [0.2, 0.25) is 0 Å². The van der Waals surface area contributed by atoms with E-state index in [1.807, 2.05) is 17.0 Å². The number of nitrogens with zero attached hydrogens (tertiary/aromatic N) is 1. The molecular weight excluding hydrogens is 330 g/mol. The molecule has 0 spiro atoms. The summed E-state index contributed by atoms with van der Waals surface area (Å²) in [4.78, 5) is 16.7. The molecule has 0 fully saturated rings. The molecule has 2 nitrogen and oxygen atoms in total. The molecule has 1 amide bonds. The van der Waals surface area contributed by atoms with Crippen LogP contribution in [0.4, 0.5) is 0 Å². The summed E-state index contributed by atoms with van der Waals surface area (Å²) in [5.74, 6) is 0.148. The lowest BCUT2D eigenvalue weighted by molar-refractivity contribution is 0.0684. The molecule has 1 atom stereocenters. The van der Waals surface area contributed by atoms with E-state index < -0.39 is 0 Å². The number of fused-ring (bicyclic) bond motifs is 1. The SMILES string of the molecule is CC1c2ccsc2CCN1C(=O)c1ccc(Br)s1. The van der Waals surface area contributed by atoms with Crippen molar-refractivity contribution >= 4 is 44.5 Å². The molecule has 18 heavy (non-hydrogen) atoms. The van der Waals surface area contributed by atoms with Crippen LogP contribution in [0.25, 0.3) is 0 Å². The van der Waals surface area contributed by atoms with Crippen LogP contribution in [0.3, 0.4) is 0 Å². The molecule has 0 saturated heterocycles. The van der Waals surface area contributed by atoms with E-state index in [2.05, 4.69) is 34.3 Å². The largest absolute Gasteiger partial charge is 0.331 e. The van der Waals surface area contributed by atoms with E-state index in [-0.39, 0.29) is 11.9 Å². The Morgan fingerprint density at radius 1 is 1.44 bits per heavy atom. The van der Waals surface area contributed by atoms with E-state index >= 15 is 0 Å². The lowest BCUT2D eigenvalue weighted by Gasteiger charge is -2.33. The lowest BCUT2D eigenvalue weighted by atomic mass is 10.0. The topological polar surface area (TPSA) is 20.3 Å². The van der Waals surface area contributed by atoms with Crippen molar-refractivity contribution in [2.45, 2.75) is 19.4 Å². The van der Waals surface area contributed by atoms with Crippen molar-refractivity contribution < 1.29 is 4.79 Å². The third kappa shape index (κ3) is 2.04. The number of carbonyl (C=O) groups excluding carboxylic acids is 1. The highest BCUT2D eigenvalue weighted by molar-refractivity contribution is 9.11. The molecule has 0 aliphatic carbocycles. The van der Waals surface area contributed by atoms with Crippen LogP contribution in [0.1, 0.15) is 33.1 Å². The molecule has 0 N–H and O–H groups in total.